The number of nitrogens with one attached hydrogen (secondary N) is 1. The van der Waals surface area contributed by atoms with Crippen LogP contribution in [0.3, 0.4) is 0 Å². The molecule has 190 valence electrons. The van der Waals surface area contributed by atoms with Gasteiger partial charge in [0, 0.05) is 24.6 Å². The summed E-state index contributed by atoms with van der Waals surface area (Å²) in [7, 11) is 0. The van der Waals surface area contributed by atoms with E-state index in [-0.39, 0.29) is 12.3 Å². The highest BCUT2D eigenvalue weighted by Crippen LogP contribution is 2.26. The molecule has 0 heterocycles. The van der Waals surface area contributed by atoms with Crippen molar-refractivity contribution >= 4 is 17.6 Å². The van der Waals surface area contributed by atoms with Crippen molar-refractivity contribution in [2.75, 3.05) is 5.32 Å². The lowest BCUT2D eigenvalue weighted by Crippen LogP contribution is -2.13. The van der Waals surface area contributed by atoms with Gasteiger partial charge >= 0.3 is 5.97 Å². The molecule has 0 aliphatic carbocycles. The Balaban J connectivity index is 1.49. The highest BCUT2D eigenvalue weighted by atomic mass is 16.5. The standard InChI is InChI=1S/C31H37NO4/c33-30(19-10-2-1-5-13-25-14-6-3-7-15-25)32-29-23-28(36-24-26-16-8-4-9-17-26)22-21-27(29)18-11-12-20-31(34)35/h3-4,6-9,14-17,21-23H,1-2,5,10-13,18-20,24H2,(H,32,33)(H,34,35). The fourth-order valence-electron chi connectivity index (χ4n) is 4.14. The summed E-state index contributed by atoms with van der Waals surface area (Å²) >= 11 is 0. The number of carboxylic acids is 1. The Morgan fingerprint density at radius 1 is 0.694 bits per heavy atom. The lowest BCUT2D eigenvalue weighted by molar-refractivity contribution is -0.137. The van der Waals surface area contributed by atoms with Crippen LogP contribution in [0.5, 0.6) is 5.75 Å². The zero-order valence-corrected chi connectivity index (χ0v) is 21.0. The summed E-state index contributed by atoms with van der Waals surface area (Å²) in [5.74, 6) is -0.0774. The van der Waals surface area contributed by atoms with Crippen molar-refractivity contribution in [3.63, 3.8) is 0 Å². The quantitative estimate of drug-likeness (QED) is 0.210. The van der Waals surface area contributed by atoms with E-state index in [4.69, 9.17) is 9.84 Å². The SMILES string of the molecule is O=C(O)CCCCc1ccc(OCc2ccccc2)cc1NC(=O)CCCCCCc1ccccc1. The molecule has 36 heavy (non-hydrogen) atoms. The molecule has 3 rings (SSSR count). The highest BCUT2D eigenvalue weighted by molar-refractivity contribution is 5.91. The summed E-state index contributed by atoms with van der Waals surface area (Å²) in [4.78, 5) is 23.5. The van der Waals surface area contributed by atoms with Crippen molar-refractivity contribution in [2.24, 2.45) is 0 Å². The second kappa shape index (κ2) is 15.4. The Labute approximate surface area is 214 Å². The van der Waals surface area contributed by atoms with Gasteiger partial charge in [0.15, 0.2) is 0 Å². The molecule has 0 aliphatic rings. The van der Waals surface area contributed by atoms with E-state index in [1.807, 2.05) is 54.6 Å². The molecule has 0 atom stereocenters. The van der Waals surface area contributed by atoms with Crippen molar-refractivity contribution in [1.82, 2.24) is 0 Å². The molecule has 0 bridgehead atoms. The number of hydrogen-bond acceptors (Lipinski definition) is 3. The molecular weight excluding hydrogens is 450 g/mol. The zero-order valence-electron chi connectivity index (χ0n) is 21.0. The van der Waals surface area contributed by atoms with Crippen LogP contribution >= 0.6 is 0 Å². The van der Waals surface area contributed by atoms with Gasteiger partial charge in [0.1, 0.15) is 12.4 Å². The molecule has 0 fully saturated rings. The molecule has 0 saturated carbocycles. The molecule has 0 unspecified atom stereocenters. The molecule has 3 aromatic rings. The van der Waals surface area contributed by atoms with Gasteiger partial charge in [-0.15, -0.1) is 0 Å². The van der Waals surface area contributed by atoms with E-state index in [1.54, 1.807) is 0 Å². The van der Waals surface area contributed by atoms with Gasteiger partial charge < -0.3 is 15.2 Å². The molecule has 5 heteroatoms. The van der Waals surface area contributed by atoms with Crippen LogP contribution in [-0.4, -0.2) is 17.0 Å². The Morgan fingerprint density at radius 3 is 2.06 bits per heavy atom. The minimum atomic E-state index is -0.781. The number of carboxylic acid groups (broad SMARTS) is 1. The highest BCUT2D eigenvalue weighted by Gasteiger charge is 2.10. The minimum absolute atomic E-state index is 0.00468. The number of anilines is 1. The largest absolute Gasteiger partial charge is 0.489 e. The summed E-state index contributed by atoms with van der Waals surface area (Å²) in [5, 5.41) is 12.0. The molecular formula is C31H37NO4. The number of unbranched alkanes of at least 4 members (excludes halogenated alkanes) is 4. The molecule has 0 aliphatic heterocycles. The van der Waals surface area contributed by atoms with E-state index in [2.05, 4.69) is 29.6 Å². The number of rotatable bonds is 16. The van der Waals surface area contributed by atoms with Crippen LogP contribution in [0.1, 0.15) is 68.1 Å². The lowest BCUT2D eigenvalue weighted by atomic mass is 10.0. The number of amides is 1. The normalized spacial score (nSPS) is 10.7. The Morgan fingerprint density at radius 2 is 1.33 bits per heavy atom. The molecule has 0 aromatic heterocycles. The van der Waals surface area contributed by atoms with Crippen molar-refractivity contribution in [3.05, 3.63) is 95.6 Å². The molecule has 0 saturated heterocycles. The summed E-state index contributed by atoms with van der Waals surface area (Å²) in [5.41, 5.74) is 4.20. The monoisotopic (exact) mass is 487 g/mol. The van der Waals surface area contributed by atoms with Crippen molar-refractivity contribution in [1.29, 1.82) is 0 Å². The van der Waals surface area contributed by atoms with Gasteiger partial charge in [-0.05, 0) is 61.3 Å². The van der Waals surface area contributed by atoms with E-state index < -0.39 is 5.97 Å². The van der Waals surface area contributed by atoms with Gasteiger partial charge in [-0.2, -0.15) is 0 Å². The predicted molar refractivity (Wildman–Crippen MR) is 144 cm³/mol. The first-order valence-electron chi connectivity index (χ1n) is 13.0. The Hall–Kier alpha value is -3.60. The van der Waals surface area contributed by atoms with E-state index >= 15 is 0 Å². The maximum Gasteiger partial charge on any atom is 0.303 e. The molecule has 0 radical (unpaired) electrons. The minimum Gasteiger partial charge on any atom is -0.489 e. The third kappa shape index (κ3) is 10.3. The maximum absolute atomic E-state index is 12.7. The van der Waals surface area contributed by atoms with E-state index in [0.29, 0.717) is 31.6 Å². The Bertz CT molecular complexity index is 1070. The average molecular weight is 488 g/mol. The Kier molecular flexibility index (Phi) is 11.6. The number of ether oxygens (including phenoxy) is 1. The first-order valence-corrected chi connectivity index (χ1v) is 13.0. The van der Waals surface area contributed by atoms with Crippen LogP contribution in [-0.2, 0) is 29.0 Å². The van der Waals surface area contributed by atoms with Crippen LogP contribution in [0.2, 0.25) is 0 Å². The van der Waals surface area contributed by atoms with Crippen molar-refractivity contribution < 1.29 is 19.4 Å². The van der Waals surface area contributed by atoms with Crippen LogP contribution in [0.15, 0.2) is 78.9 Å². The lowest BCUT2D eigenvalue weighted by Gasteiger charge is -2.14. The van der Waals surface area contributed by atoms with Gasteiger partial charge in [-0.1, -0.05) is 79.6 Å². The summed E-state index contributed by atoms with van der Waals surface area (Å²) < 4.78 is 5.96. The van der Waals surface area contributed by atoms with Crippen molar-refractivity contribution in [3.8, 4) is 5.75 Å². The smallest absolute Gasteiger partial charge is 0.303 e. The number of carbonyl (C=O) groups is 2. The maximum atomic E-state index is 12.7. The van der Waals surface area contributed by atoms with Crippen LogP contribution in [0.25, 0.3) is 0 Å². The second-order valence-corrected chi connectivity index (χ2v) is 9.14. The van der Waals surface area contributed by atoms with Gasteiger partial charge in [-0.25, -0.2) is 0 Å². The number of benzene rings is 3. The van der Waals surface area contributed by atoms with Crippen molar-refractivity contribution in [2.45, 2.75) is 70.8 Å². The summed E-state index contributed by atoms with van der Waals surface area (Å²) in [6, 6.07) is 26.2. The molecule has 0 spiro atoms. The summed E-state index contributed by atoms with van der Waals surface area (Å²) in [6.45, 7) is 0.454. The molecule has 3 aromatic carbocycles. The molecule has 1 amide bonds. The first kappa shape index (κ1) is 27.0. The van der Waals surface area contributed by atoms with Gasteiger partial charge in [-0.3, -0.25) is 9.59 Å². The first-order chi connectivity index (χ1) is 17.6. The van der Waals surface area contributed by atoms with E-state index in [1.165, 1.54) is 5.56 Å². The number of carbonyl (C=O) groups excluding carboxylic acids is 1. The average Bonchev–Trinajstić information content (AvgIpc) is 2.89. The fourth-order valence-corrected chi connectivity index (χ4v) is 4.14. The van der Waals surface area contributed by atoms with Gasteiger partial charge in [0.25, 0.3) is 0 Å². The fraction of sp³-hybridized carbons (Fsp3) is 0.355. The predicted octanol–water partition coefficient (Wildman–Crippen LogP) is 7.19. The van der Waals surface area contributed by atoms with E-state index in [0.717, 1.165) is 55.3 Å². The zero-order chi connectivity index (χ0) is 25.4. The van der Waals surface area contributed by atoms with Crippen LogP contribution < -0.4 is 10.1 Å². The number of hydrogen-bond donors (Lipinski definition) is 2. The third-order valence-corrected chi connectivity index (χ3v) is 6.15. The van der Waals surface area contributed by atoms with Crippen LogP contribution in [0.4, 0.5) is 5.69 Å². The van der Waals surface area contributed by atoms with Crippen LogP contribution in [0, 0.1) is 0 Å². The van der Waals surface area contributed by atoms with Gasteiger partial charge in [0.2, 0.25) is 5.91 Å². The number of aliphatic carboxylic acids is 1. The number of aryl methyl sites for hydroxylation is 2. The van der Waals surface area contributed by atoms with E-state index in [9.17, 15) is 9.59 Å². The second-order valence-electron chi connectivity index (χ2n) is 9.14. The summed E-state index contributed by atoms with van der Waals surface area (Å²) in [6.07, 6.45) is 7.92. The van der Waals surface area contributed by atoms with Gasteiger partial charge in [0.05, 0.1) is 0 Å². The molecule has 2 N–H and O–H groups in total. The topological polar surface area (TPSA) is 75.6 Å². The third-order valence-electron chi connectivity index (χ3n) is 6.15. The molecule has 5 nitrogen and oxygen atoms in total.